The van der Waals surface area contributed by atoms with Crippen molar-refractivity contribution in [1.29, 1.82) is 0 Å². The molecule has 1 aromatic rings. The predicted molar refractivity (Wildman–Crippen MR) is 52.5 cm³/mol. The molecule has 12 heavy (non-hydrogen) atoms. The summed E-state index contributed by atoms with van der Waals surface area (Å²) in [4.78, 5) is 4.17. The van der Waals surface area contributed by atoms with E-state index in [1.54, 1.807) is 0 Å². The molecule has 0 aliphatic carbocycles. The summed E-state index contributed by atoms with van der Waals surface area (Å²) < 4.78 is 0. The molecule has 0 unspecified atom stereocenters. The highest BCUT2D eigenvalue weighted by molar-refractivity contribution is 5.19. The minimum atomic E-state index is 0.355. The highest BCUT2D eigenvalue weighted by atomic mass is 14.7. The van der Waals surface area contributed by atoms with E-state index in [0.717, 1.165) is 6.42 Å². The number of hydrogen-bond donors (Lipinski definition) is 0. The van der Waals surface area contributed by atoms with Crippen molar-refractivity contribution in [2.75, 3.05) is 0 Å². The van der Waals surface area contributed by atoms with Crippen molar-refractivity contribution in [2.45, 2.75) is 26.3 Å². The third-order valence-electron chi connectivity index (χ3n) is 1.48. The van der Waals surface area contributed by atoms with Crippen LogP contribution >= 0.6 is 0 Å². The fourth-order valence-corrected chi connectivity index (χ4v) is 0.915. The highest BCUT2D eigenvalue weighted by Crippen LogP contribution is 1.98. The minimum absolute atomic E-state index is 0.355. The Morgan fingerprint density at radius 3 is 2.50 bits per heavy atom. The van der Waals surface area contributed by atoms with Crippen molar-refractivity contribution < 1.29 is 0 Å². The molecular formula is C11H14N+. The molecule has 0 heterocycles. The zero-order valence-corrected chi connectivity index (χ0v) is 7.62. The Hall–Kier alpha value is -1.29. The molecule has 1 rings (SSSR count). The van der Waals surface area contributed by atoms with Crippen LogP contribution in [0.3, 0.4) is 0 Å². The van der Waals surface area contributed by atoms with Gasteiger partial charge in [-0.25, -0.2) is 0 Å². The third kappa shape index (κ3) is 3.21. The second-order valence-corrected chi connectivity index (χ2v) is 3.04. The van der Waals surface area contributed by atoms with Gasteiger partial charge in [-0.15, -0.1) is 0 Å². The molecule has 0 N–H and O–H groups in total. The van der Waals surface area contributed by atoms with E-state index in [4.69, 9.17) is 0 Å². The first-order chi connectivity index (χ1) is 5.79. The van der Waals surface area contributed by atoms with Crippen LogP contribution in [0.15, 0.2) is 30.3 Å². The Bertz CT molecular complexity index is 277. The number of hydrogen-bond acceptors (Lipinski definition) is 0. The molecule has 62 valence electrons. The van der Waals surface area contributed by atoms with Crippen molar-refractivity contribution in [3.05, 3.63) is 40.7 Å². The first-order valence-corrected chi connectivity index (χ1v) is 4.25. The van der Waals surface area contributed by atoms with E-state index in [0.29, 0.717) is 6.04 Å². The van der Waals surface area contributed by atoms with Crippen molar-refractivity contribution in [3.8, 4) is 6.07 Å². The highest BCUT2D eigenvalue weighted by Gasteiger charge is 1.96. The lowest BCUT2D eigenvalue weighted by atomic mass is 10.2. The van der Waals surface area contributed by atoms with Crippen molar-refractivity contribution in [3.63, 3.8) is 0 Å². The summed E-state index contributed by atoms with van der Waals surface area (Å²) in [5.41, 5.74) is 1.27. The molecule has 0 aliphatic heterocycles. The summed E-state index contributed by atoms with van der Waals surface area (Å²) in [6, 6.07) is 13.6. The maximum absolute atomic E-state index is 4.17. The summed E-state index contributed by atoms with van der Waals surface area (Å²) in [7, 11) is 0. The van der Waals surface area contributed by atoms with Crippen molar-refractivity contribution in [1.82, 2.24) is 0 Å². The molecular weight excluding hydrogens is 146 g/mol. The number of rotatable bonds is 1. The molecule has 0 radical (unpaired) electrons. The molecule has 0 fully saturated rings. The van der Waals surface area contributed by atoms with Crippen LogP contribution in [0.1, 0.15) is 19.4 Å². The second kappa shape index (κ2) is 4.56. The van der Waals surface area contributed by atoms with Crippen molar-refractivity contribution >= 4 is 0 Å². The van der Waals surface area contributed by atoms with Gasteiger partial charge in [0.2, 0.25) is 0 Å². The summed E-state index contributed by atoms with van der Waals surface area (Å²) >= 11 is 0. The molecule has 0 aromatic heterocycles. The van der Waals surface area contributed by atoms with Crippen LogP contribution in [0.25, 0.3) is 4.85 Å². The predicted octanol–water partition coefficient (Wildman–Crippen LogP) is 2.97. The van der Waals surface area contributed by atoms with Gasteiger partial charge in [-0.3, -0.25) is 0 Å². The van der Waals surface area contributed by atoms with Gasteiger partial charge in [-0.2, -0.15) is 0 Å². The van der Waals surface area contributed by atoms with E-state index in [1.165, 1.54) is 5.56 Å². The number of nitrogens with zero attached hydrogens (tertiary/aromatic N) is 1. The second-order valence-electron chi connectivity index (χ2n) is 3.04. The molecule has 1 heteroatoms. The van der Waals surface area contributed by atoms with Crippen LogP contribution in [-0.2, 0) is 6.42 Å². The summed E-state index contributed by atoms with van der Waals surface area (Å²) in [6.07, 6.45) is 0.818. The quantitative estimate of drug-likeness (QED) is 0.595. The van der Waals surface area contributed by atoms with Gasteiger partial charge in [0.05, 0.1) is 0 Å². The first kappa shape index (κ1) is 8.80. The van der Waals surface area contributed by atoms with E-state index < -0.39 is 0 Å². The lowest BCUT2D eigenvalue weighted by molar-refractivity contribution is 0.973. The minimum Gasteiger partial charge on any atom is -0.0807 e. The van der Waals surface area contributed by atoms with E-state index >= 15 is 0 Å². The van der Waals surface area contributed by atoms with Gasteiger partial charge in [-0.05, 0) is 5.56 Å². The van der Waals surface area contributed by atoms with E-state index in [9.17, 15) is 0 Å². The van der Waals surface area contributed by atoms with Crippen LogP contribution in [0.4, 0.5) is 0 Å². The van der Waals surface area contributed by atoms with E-state index in [1.807, 2.05) is 18.2 Å². The molecule has 0 bridgehead atoms. The number of benzene rings is 1. The Morgan fingerprint density at radius 2 is 1.92 bits per heavy atom. The van der Waals surface area contributed by atoms with Crippen LogP contribution in [-0.4, -0.2) is 6.04 Å². The zero-order valence-electron chi connectivity index (χ0n) is 7.62. The monoisotopic (exact) mass is 160 g/mol. The molecule has 0 saturated carbocycles. The fraction of sp³-hybridized carbons (Fsp3) is 0.364. The normalized spacial score (nSPS) is 9.25. The average Bonchev–Trinajstić information content (AvgIpc) is 2.05. The lowest BCUT2D eigenvalue weighted by Gasteiger charge is -1.87. The summed E-state index contributed by atoms with van der Waals surface area (Å²) in [5, 5.41) is 0. The Kier molecular flexibility index (Phi) is 3.35. The Labute approximate surface area is 73.9 Å². The van der Waals surface area contributed by atoms with E-state index in [-0.39, 0.29) is 0 Å². The Balaban J connectivity index is 2.51. The first-order valence-electron chi connectivity index (χ1n) is 4.25. The van der Waals surface area contributed by atoms with E-state index in [2.05, 4.69) is 36.9 Å². The smallest absolute Gasteiger partial charge is 0.0807 e. The van der Waals surface area contributed by atoms with Gasteiger partial charge in [0.1, 0.15) is 6.42 Å². The SMILES string of the molecule is CC(C)[N+]#CCc1ccccc1. The van der Waals surface area contributed by atoms with Crippen LogP contribution in [0, 0.1) is 6.07 Å². The topological polar surface area (TPSA) is 4.36 Å². The molecule has 0 saturated heterocycles. The zero-order chi connectivity index (χ0) is 8.81. The van der Waals surface area contributed by atoms with Gasteiger partial charge in [-0.1, -0.05) is 35.2 Å². The summed E-state index contributed by atoms with van der Waals surface area (Å²) in [6.45, 7) is 4.11. The molecule has 0 atom stereocenters. The molecule has 1 aromatic carbocycles. The largest absolute Gasteiger partial charge is 0.278 e. The van der Waals surface area contributed by atoms with Gasteiger partial charge >= 0.3 is 0 Å². The maximum Gasteiger partial charge on any atom is 0.278 e. The van der Waals surface area contributed by atoms with Crippen LogP contribution in [0.5, 0.6) is 0 Å². The Morgan fingerprint density at radius 1 is 1.25 bits per heavy atom. The summed E-state index contributed by atoms with van der Waals surface area (Å²) in [5.74, 6) is 0. The van der Waals surface area contributed by atoms with Crippen LogP contribution in [0.2, 0.25) is 0 Å². The molecule has 0 amide bonds. The molecule has 0 spiro atoms. The van der Waals surface area contributed by atoms with Crippen molar-refractivity contribution in [2.24, 2.45) is 0 Å². The fourth-order valence-electron chi connectivity index (χ4n) is 0.915. The molecule has 1 nitrogen and oxygen atoms in total. The van der Waals surface area contributed by atoms with Gasteiger partial charge in [0.25, 0.3) is 12.1 Å². The van der Waals surface area contributed by atoms with Gasteiger partial charge < -0.3 is 0 Å². The average molecular weight is 160 g/mol. The molecule has 0 aliphatic rings. The lowest BCUT2D eigenvalue weighted by Crippen LogP contribution is -1.83. The standard InChI is InChI=1S/C11H14N/c1-10(2)12-9-8-11-6-4-3-5-7-11/h3-7,10H,8H2,1-2H3/q+1. The maximum atomic E-state index is 4.17. The van der Waals surface area contributed by atoms with Gasteiger partial charge in [0.15, 0.2) is 0 Å². The van der Waals surface area contributed by atoms with Crippen LogP contribution < -0.4 is 0 Å². The third-order valence-corrected chi connectivity index (χ3v) is 1.48. The van der Waals surface area contributed by atoms with Gasteiger partial charge in [0, 0.05) is 13.8 Å².